The van der Waals surface area contributed by atoms with Gasteiger partial charge in [-0.1, -0.05) is 32.8 Å². The molecule has 0 aromatic rings. The van der Waals surface area contributed by atoms with Crippen molar-refractivity contribution in [3.8, 4) is 0 Å². The standard InChI is InChI=1S/C38H64F2N8O3S/c1-7-10-28-11-9-19-47-24-29(39)12-13-32(28)42-36(41)35(27(47)3)37(49)43-34-26-45(5)25-33(40)38(34,18-8-2)48-22-16-31(17-23-48)52(50,51)46(6)30-14-20-44(4)21-15-30/h9,13,19,27-28,30-31,33-36,42H,7-8,10-12,14-18,20-23,25-26,41H2,1-6H3/p+1. The molecule has 6 aliphatic rings. The molecule has 294 valence electrons. The van der Waals surface area contributed by atoms with Gasteiger partial charge in [-0.2, -0.15) is 8.97 Å². The van der Waals surface area contributed by atoms with Crippen LogP contribution < -0.4 is 16.4 Å². The lowest BCUT2D eigenvalue weighted by molar-refractivity contribution is -0.498. The number of nitrogens with one attached hydrogen (secondary N) is 2. The minimum Gasteiger partial charge on any atom is -0.372 e. The highest BCUT2D eigenvalue weighted by Gasteiger charge is 2.55. The molecule has 3 saturated heterocycles. The summed E-state index contributed by atoms with van der Waals surface area (Å²) < 4.78 is 63.0. The minimum absolute atomic E-state index is 0.00585. The van der Waals surface area contributed by atoms with Crippen molar-refractivity contribution in [2.45, 2.75) is 126 Å². The number of likely N-dealkylation sites (tertiary alicyclic amines) is 3. The predicted molar refractivity (Wildman–Crippen MR) is 203 cm³/mol. The van der Waals surface area contributed by atoms with Gasteiger partial charge in [0.25, 0.3) is 0 Å². The molecule has 6 aliphatic heterocycles. The van der Waals surface area contributed by atoms with E-state index in [2.05, 4.69) is 40.3 Å². The minimum atomic E-state index is -3.53. The zero-order chi connectivity index (χ0) is 37.8. The number of fused-ring (bicyclic) bond motifs is 7. The molecular weight excluding hydrogens is 687 g/mol. The smallest absolute Gasteiger partial charge is 0.233 e. The van der Waals surface area contributed by atoms with Crippen molar-refractivity contribution in [3.05, 3.63) is 29.9 Å². The Morgan fingerprint density at radius 3 is 2.46 bits per heavy atom. The highest BCUT2D eigenvalue weighted by atomic mass is 32.2. The fourth-order valence-electron chi connectivity index (χ4n) is 9.54. The molecule has 14 heteroatoms. The number of halogens is 2. The third-order valence-corrected chi connectivity index (χ3v) is 15.0. The molecule has 0 spiro atoms. The Morgan fingerprint density at radius 1 is 1.12 bits per heavy atom. The number of allylic oxidation sites excluding steroid dienone is 4. The van der Waals surface area contributed by atoms with E-state index >= 15 is 8.78 Å². The van der Waals surface area contributed by atoms with Gasteiger partial charge in [-0.25, -0.2) is 17.1 Å². The Bertz CT molecular complexity index is 1490. The molecule has 11 nitrogen and oxygen atoms in total. The highest BCUT2D eigenvalue weighted by Crippen LogP contribution is 2.39. The van der Waals surface area contributed by atoms with Gasteiger partial charge in [0.2, 0.25) is 27.6 Å². The second kappa shape index (κ2) is 17.5. The molecule has 0 aromatic carbocycles. The number of amides is 1. The summed E-state index contributed by atoms with van der Waals surface area (Å²) in [6.07, 6.45) is 9.89. The number of nitrogens with two attached hydrogens (primary N) is 1. The van der Waals surface area contributed by atoms with Crippen molar-refractivity contribution >= 4 is 21.8 Å². The first-order chi connectivity index (χ1) is 24.7. The molecule has 6 rings (SSSR count). The van der Waals surface area contributed by atoms with Crippen LogP contribution in [0.2, 0.25) is 0 Å². The van der Waals surface area contributed by atoms with E-state index in [-0.39, 0.29) is 30.8 Å². The normalized spacial score (nSPS) is 33.8. The maximum atomic E-state index is 16.9. The molecule has 2 bridgehead atoms. The zero-order valence-corrected chi connectivity index (χ0v) is 33.2. The van der Waals surface area contributed by atoms with Gasteiger partial charge in [0.15, 0.2) is 12.2 Å². The first-order valence-electron chi connectivity index (χ1n) is 19.7. The number of piperidine rings is 3. The monoisotopic (exact) mass is 751 g/mol. The molecule has 7 unspecified atom stereocenters. The Balaban J connectivity index is 1.40. The number of sulfonamides is 1. The second-order valence-corrected chi connectivity index (χ2v) is 18.4. The topological polar surface area (TPSA) is 117 Å². The van der Waals surface area contributed by atoms with Crippen LogP contribution in [0.1, 0.15) is 85.0 Å². The van der Waals surface area contributed by atoms with Crippen LogP contribution in [0, 0.1) is 11.8 Å². The molecule has 1 amide bonds. The van der Waals surface area contributed by atoms with E-state index in [0.717, 1.165) is 50.9 Å². The maximum Gasteiger partial charge on any atom is 0.233 e. The van der Waals surface area contributed by atoms with E-state index in [4.69, 9.17) is 5.73 Å². The van der Waals surface area contributed by atoms with Crippen LogP contribution in [0.25, 0.3) is 0 Å². The lowest BCUT2D eigenvalue weighted by Gasteiger charge is -2.56. The van der Waals surface area contributed by atoms with Crippen molar-refractivity contribution in [3.63, 3.8) is 0 Å². The summed E-state index contributed by atoms with van der Waals surface area (Å²) in [4.78, 5) is 20.9. The lowest BCUT2D eigenvalue weighted by atomic mass is 9.75. The molecule has 0 aromatic heterocycles. The number of nitrogens with zero attached hydrogens (tertiary/aromatic N) is 5. The number of hydrogen-bond donors (Lipinski definition) is 3. The highest BCUT2D eigenvalue weighted by molar-refractivity contribution is 7.89. The number of carbonyl (C=O) groups is 1. The van der Waals surface area contributed by atoms with Crippen LogP contribution in [0.15, 0.2) is 29.9 Å². The van der Waals surface area contributed by atoms with Gasteiger partial charge in [-0.3, -0.25) is 9.69 Å². The predicted octanol–water partition coefficient (Wildman–Crippen LogP) is 3.15. The second-order valence-electron chi connectivity index (χ2n) is 16.1. The van der Waals surface area contributed by atoms with E-state index in [1.54, 1.807) is 15.9 Å². The van der Waals surface area contributed by atoms with E-state index in [1.165, 1.54) is 0 Å². The van der Waals surface area contributed by atoms with E-state index < -0.39 is 57.0 Å². The van der Waals surface area contributed by atoms with Gasteiger partial charge in [0.1, 0.15) is 12.1 Å². The van der Waals surface area contributed by atoms with Crippen LogP contribution in [0.4, 0.5) is 8.78 Å². The van der Waals surface area contributed by atoms with Gasteiger partial charge in [0, 0.05) is 57.3 Å². The molecule has 0 aliphatic carbocycles. The number of likely N-dealkylation sites (N-methyl/N-ethyl adjacent to an activating group) is 1. The van der Waals surface area contributed by atoms with Gasteiger partial charge in [-0.05, 0) is 85.1 Å². The zero-order valence-electron chi connectivity index (χ0n) is 32.4. The van der Waals surface area contributed by atoms with Gasteiger partial charge < -0.3 is 26.2 Å². The average molecular weight is 752 g/mol. The fraction of sp³-hybridized carbons (Fsp3) is 0.816. The summed E-state index contributed by atoms with van der Waals surface area (Å²) in [5.74, 6) is 1.37. The number of alkyl halides is 1. The van der Waals surface area contributed by atoms with Crippen molar-refractivity contribution in [2.24, 2.45) is 17.6 Å². The average Bonchev–Trinajstić information content (AvgIpc) is 3.10. The fourth-order valence-corrected chi connectivity index (χ4v) is 11.4. The molecule has 52 heavy (non-hydrogen) atoms. The summed E-state index contributed by atoms with van der Waals surface area (Å²) in [6, 6.07) is -1.15. The summed E-state index contributed by atoms with van der Waals surface area (Å²) in [6.45, 7) is 9.24. The number of rotatable bonds is 10. The molecule has 6 heterocycles. The first-order valence-corrected chi connectivity index (χ1v) is 21.2. The maximum absolute atomic E-state index is 16.9. The Labute approximate surface area is 311 Å². The Morgan fingerprint density at radius 2 is 1.81 bits per heavy atom. The van der Waals surface area contributed by atoms with E-state index in [9.17, 15) is 13.2 Å². The summed E-state index contributed by atoms with van der Waals surface area (Å²) in [5.41, 5.74) is 6.69. The Kier molecular flexibility index (Phi) is 13.8. The molecule has 7 atom stereocenters. The van der Waals surface area contributed by atoms with Crippen molar-refractivity contribution in [1.82, 2.24) is 29.6 Å². The van der Waals surface area contributed by atoms with Gasteiger partial charge >= 0.3 is 0 Å². The molecule has 0 saturated carbocycles. The quantitative estimate of drug-likeness (QED) is 0.292. The summed E-state index contributed by atoms with van der Waals surface area (Å²) >= 11 is 0. The molecule has 3 fully saturated rings. The Hall–Kier alpha value is -2.19. The van der Waals surface area contributed by atoms with Crippen molar-refractivity contribution in [1.29, 1.82) is 0 Å². The first kappa shape index (κ1) is 41.0. The van der Waals surface area contributed by atoms with Crippen LogP contribution in [0.5, 0.6) is 0 Å². The largest absolute Gasteiger partial charge is 0.372 e. The van der Waals surface area contributed by atoms with Gasteiger partial charge in [-0.15, -0.1) is 0 Å². The van der Waals surface area contributed by atoms with Crippen molar-refractivity contribution < 1.29 is 26.6 Å². The third-order valence-electron chi connectivity index (χ3n) is 12.6. The van der Waals surface area contributed by atoms with Crippen molar-refractivity contribution in [2.75, 3.05) is 60.4 Å². The SMILES string of the molecule is CCCC1CC=C[N+]2=C=C(F)CC=C1NC(N)C(C(=O)NC1CN(C)CC(F)C1(CCC)N1CCC(S(=O)(=O)N(C)C3CCN(C)CC3)CC1)C2C. The lowest BCUT2D eigenvalue weighted by Crippen LogP contribution is -2.75. The van der Waals surface area contributed by atoms with Gasteiger partial charge in [0.05, 0.1) is 23.0 Å². The molecular formula is C38H65F2N8O3S+. The van der Waals surface area contributed by atoms with Crippen LogP contribution in [0.3, 0.4) is 0 Å². The third kappa shape index (κ3) is 8.69. The number of hydrogen-bond acceptors (Lipinski definition) is 8. The molecule has 4 N–H and O–H groups in total. The number of carbonyl (C=O) groups excluding carboxylic acids is 1. The summed E-state index contributed by atoms with van der Waals surface area (Å²) in [5, 5.41) is 6.20. The van der Waals surface area contributed by atoms with Crippen LogP contribution >= 0.6 is 0 Å². The van der Waals surface area contributed by atoms with E-state index in [1.807, 2.05) is 44.1 Å². The summed E-state index contributed by atoms with van der Waals surface area (Å²) in [7, 11) is 2.12. The van der Waals surface area contributed by atoms with Crippen LogP contribution in [-0.2, 0) is 14.8 Å². The van der Waals surface area contributed by atoms with E-state index in [0.29, 0.717) is 45.3 Å². The van der Waals surface area contributed by atoms with Crippen LogP contribution in [-0.4, -0.2) is 145 Å². The molecule has 0 radical (unpaired) electrons.